The highest BCUT2D eigenvalue weighted by atomic mass is 35.5. The minimum absolute atomic E-state index is 0.352. The molecule has 0 bridgehead atoms. The van der Waals surface area contributed by atoms with Gasteiger partial charge in [0.1, 0.15) is 0 Å². The third-order valence-electron chi connectivity index (χ3n) is 2.46. The summed E-state index contributed by atoms with van der Waals surface area (Å²) >= 11 is 7.76. The van der Waals surface area contributed by atoms with E-state index in [0.717, 1.165) is 11.1 Å². The molecule has 0 atom stereocenters. The number of thiophene rings is 1. The molecule has 18 heavy (non-hydrogen) atoms. The van der Waals surface area contributed by atoms with Crippen molar-refractivity contribution < 1.29 is 9.53 Å². The first kappa shape index (κ1) is 12.9. The van der Waals surface area contributed by atoms with E-state index in [1.807, 2.05) is 35.7 Å². The highest BCUT2D eigenvalue weighted by Gasteiger charge is 2.06. The summed E-state index contributed by atoms with van der Waals surface area (Å²) in [5.41, 5.74) is 1.96. The predicted molar refractivity (Wildman–Crippen MR) is 74.0 cm³/mol. The number of amides is 1. The Kier molecular flexibility index (Phi) is 4.23. The molecule has 0 aliphatic heterocycles. The number of halogens is 1. The average Bonchev–Trinajstić information content (AvgIpc) is 2.91. The largest absolute Gasteiger partial charge is 0.453 e. The number of ether oxygens (including phenoxy) is 1. The van der Waals surface area contributed by atoms with Gasteiger partial charge in [-0.1, -0.05) is 23.7 Å². The van der Waals surface area contributed by atoms with Crippen molar-refractivity contribution in [1.82, 2.24) is 5.32 Å². The molecule has 1 amide bonds. The van der Waals surface area contributed by atoms with Gasteiger partial charge in [-0.25, -0.2) is 4.79 Å². The molecule has 0 spiro atoms. The zero-order valence-electron chi connectivity index (χ0n) is 9.77. The Labute approximate surface area is 114 Å². The van der Waals surface area contributed by atoms with E-state index in [0.29, 0.717) is 11.6 Å². The van der Waals surface area contributed by atoms with Gasteiger partial charge in [-0.2, -0.15) is 0 Å². The highest BCUT2D eigenvalue weighted by molar-refractivity contribution is 7.13. The van der Waals surface area contributed by atoms with E-state index in [9.17, 15) is 4.79 Å². The van der Waals surface area contributed by atoms with Gasteiger partial charge in [0.25, 0.3) is 0 Å². The van der Waals surface area contributed by atoms with Crippen molar-refractivity contribution in [3.8, 4) is 10.4 Å². The summed E-state index contributed by atoms with van der Waals surface area (Å²) in [5.74, 6) is 0. The van der Waals surface area contributed by atoms with Gasteiger partial charge in [-0.3, -0.25) is 0 Å². The summed E-state index contributed by atoms with van der Waals surface area (Å²) in [7, 11) is 1.33. The van der Waals surface area contributed by atoms with Crippen LogP contribution >= 0.6 is 22.9 Å². The van der Waals surface area contributed by atoms with E-state index in [1.165, 1.54) is 12.0 Å². The van der Waals surface area contributed by atoms with E-state index in [1.54, 1.807) is 11.3 Å². The summed E-state index contributed by atoms with van der Waals surface area (Å²) in [6.07, 6.45) is -0.465. The summed E-state index contributed by atoms with van der Waals surface area (Å²) in [6.45, 7) is 0.352. The van der Waals surface area contributed by atoms with Crippen LogP contribution in [0.2, 0.25) is 5.02 Å². The Bertz CT molecular complexity index is 540. The number of hydrogen-bond acceptors (Lipinski definition) is 3. The lowest BCUT2D eigenvalue weighted by molar-refractivity contribution is 0.170. The van der Waals surface area contributed by atoms with Crippen molar-refractivity contribution in [2.24, 2.45) is 0 Å². The molecule has 0 saturated heterocycles. The fourth-order valence-corrected chi connectivity index (χ4v) is 2.45. The third kappa shape index (κ3) is 3.03. The van der Waals surface area contributed by atoms with Crippen LogP contribution in [-0.4, -0.2) is 13.2 Å². The number of methoxy groups -OCH3 is 1. The van der Waals surface area contributed by atoms with Crippen LogP contribution in [-0.2, 0) is 11.3 Å². The Balaban J connectivity index is 2.19. The fraction of sp³-hybridized carbons (Fsp3) is 0.154. The van der Waals surface area contributed by atoms with Crippen molar-refractivity contribution in [3.05, 3.63) is 46.3 Å². The molecule has 2 rings (SSSR count). The van der Waals surface area contributed by atoms with Crippen LogP contribution in [0.15, 0.2) is 35.7 Å². The molecule has 0 aliphatic rings. The minimum Gasteiger partial charge on any atom is -0.453 e. The number of nitrogens with one attached hydrogen (secondary N) is 1. The quantitative estimate of drug-likeness (QED) is 0.926. The second-order valence-electron chi connectivity index (χ2n) is 3.63. The Morgan fingerprint density at radius 2 is 2.28 bits per heavy atom. The molecular formula is C13H12ClNO2S. The number of carbonyl (C=O) groups is 1. The van der Waals surface area contributed by atoms with Crippen LogP contribution in [0.1, 0.15) is 5.56 Å². The van der Waals surface area contributed by atoms with Crippen LogP contribution in [0.4, 0.5) is 4.79 Å². The molecule has 0 unspecified atom stereocenters. The van der Waals surface area contributed by atoms with Gasteiger partial charge in [0.15, 0.2) is 0 Å². The molecule has 94 valence electrons. The van der Waals surface area contributed by atoms with E-state index >= 15 is 0 Å². The second kappa shape index (κ2) is 5.89. The topological polar surface area (TPSA) is 38.3 Å². The smallest absolute Gasteiger partial charge is 0.407 e. The molecular weight excluding hydrogens is 270 g/mol. The molecule has 3 nitrogen and oxygen atoms in total. The lowest BCUT2D eigenvalue weighted by Crippen LogP contribution is -2.22. The maximum Gasteiger partial charge on any atom is 0.407 e. The van der Waals surface area contributed by atoms with Crippen molar-refractivity contribution in [3.63, 3.8) is 0 Å². The Morgan fingerprint density at radius 3 is 2.94 bits per heavy atom. The van der Waals surface area contributed by atoms with Gasteiger partial charge in [0, 0.05) is 16.4 Å². The molecule has 0 aliphatic carbocycles. The van der Waals surface area contributed by atoms with Gasteiger partial charge in [-0.15, -0.1) is 11.3 Å². The van der Waals surface area contributed by atoms with Gasteiger partial charge in [0.05, 0.1) is 7.11 Å². The molecule has 1 heterocycles. The molecule has 0 fully saturated rings. The number of carbonyl (C=O) groups excluding carboxylic acids is 1. The Hall–Kier alpha value is -1.52. The van der Waals surface area contributed by atoms with E-state index in [4.69, 9.17) is 11.6 Å². The van der Waals surface area contributed by atoms with Crippen LogP contribution in [0.3, 0.4) is 0 Å². The van der Waals surface area contributed by atoms with Crippen molar-refractivity contribution in [1.29, 1.82) is 0 Å². The standard InChI is InChI=1S/C13H12ClNO2S/c1-17-13(16)15-8-10-7-9(4-5-11(10)14)12-3-2-6-18-12/h2-7H,8H2,1H3,(H,15,16). The van der Waals surface area contributed by atoms with Gasteiger partial charge in [0.2, 0.25) is 0 Å². The lowest BCUT2D eigenvalue weighted by Gasteiger charge is -2.08. The first-order valence-corrected chi connectivity index (χ1v) is 6.60. The van der Waals surface area contributed by atoms with Gasteiger partial charge < -0.3 is 10.1 Å². The van der Waals surface area contributed by atoms with E-state index in [2.05, 4.69) is 10.1 Å². The van der Waals surface area contributed by atoms with Crippen molar-refractivity contribution in [2.75, 3.05) is 7.11 Å². The molecule has 2 aromatic rings. The van der Waals surface area contributed by atoms with Crippen LogP contribution in [0, 0.1) is 0 Å². The molecule has 0 saturated carbocycles. The first-order chi connectivity index (χ1) is 8.70. The summed E-state index contributed by atoms with van der Waals surface area (Å²) in [6, 6.07) is 9.83. The predicted octanol–water partition coefficient (Wildman–Crippen LogP) is 3.92. The minimum atomic E-state index is -0.465. The van der Waals surface area contributed by atoms with Crippen molar-refractivity contribution >= 4 is 29.0 Å². The van der Waals surface area contributed by atoms with Crippen LogP contribution in [0.5, 0.6) is 0 Å². The van der Waals surface area contributed by atoms with E-state index < -0.39 is 6.09 Å². The monoisotopic (exact) mass is 281 g/mol. The van der Waals surface area contributed by atoms with Gasteiger partial charge in [-0.05, 0) is 34.7 Å². The summed E-state index contributed by atoms with van der Waals surface area (Å²) < 4.78 is 4.52. The summed E-state index contributed by atoms with van der Waals surface area (Å²) in [4.78, 5) is 12.2. The molecule has 1 aromatic heterocycles. The maximum atomic E-state index is 11.0. The molecule has 0 radical (unpaired) electrons. The van der Waals surface area contributed by atoms with Crippen LogP contribution in [0.25, 0.3) is 10.4 Å². The SMILES string of the molecule is COC(=O)NCc1cc(-c2cccs2)ccc1Cl. The third-order valence-corrected chi connectivity index (χ3v) is 3.75. The number of benzene rings is 1. The second-order valence-corrected chi connectivity index (χ2v) is 4.98. The molecule has 5 heteroatoms. The lowest BCUT2D eigenvalue weighted by atomic mass is 10.1. The molecule has 1 aromatic carbocycles. The van der Waals surface area contributed by atoms with Crippen LogP contribution < -0.4 is 5.32 Å². The average molecular weight is 282 g/mol. The summed E-state index contributed by atoms with van der Waals surface area (Å²) in [5, 5.41) is 5.28. The fourth-order valence-electron chi connectivity index (χ4n) is 1.55. The normalized spacial score (nSPS) is 10.1. The zero-order valence-corrected chi connectivity index (χ0v) is 11.3. The number of rotatable bonds is 3. The van der Waals surface area contributed by atoms with E-state index in [-0.39, 0.29) is 0 Å². The zero-order chi connectivity index (χ0) is 13.0. The molecule has 1 N–H and O–H groups in total. The highest BCUT2D eigenvalue weighted by Crippen LogP contribution is 2.28. The number of alkyl carbamates (subject to hydrolysis) is 1. The van der Waals surface area contributed by atoms with Crippen molar-refractivity contribution in [2.45, 2.75) is 6.54 Å². The Morgan fingerprint density at radius 1 is 1.44 bits per heavy atom. The van der Waals surface area contributed by atoms with Gasteiger partial charge >= 0.3 is 6.09 Å². The number of hydrogen-bond donors (Lipinski definition) is 1. The maximum absolute atomic E-state index is 11.0. The first-order valence-electron chi connectivity index (χ1n) is 5.35.